The number of rotatable bonds is 15. The molecule has 1 aromatic carbocycles. The zero-order valence-corrected chi connectivity index (χ0v) is 21.5. The first-order chi connectivity index (χ1) is 18.5. The molecule has 2 aromatic rings. The fourth-order valence-electron chi connectivity index (χ4n) is 3.51. The molecule has 0 saturated heterocycles. The number of imidazole rings is 1. The van der Waals surface area contributed by atoms with Crippen molar-refractivity contribution >= 4 is 29.7 Å². The van der Waals surface area contributed by atoms with E-state index in [1.165, 1.54) is 43.7 Å². The summed E-state index contributed by atoms with van der Waals surface area (Å²) in [6.45, 7) is 1.62. The van der Waals surface area contributed by atoms with Gasteiger partial charge < -0.3 is 48.3 Å². The Hall–Kier alpha value is -4.66. The van der Waals surface area contributed by atoms with Gasteiger partial charge in [-0.2, -0.15) is 0 Å². The van der Waals surface area contributed by atoms with Crippen LogP contribution in [0.4, 0.5) is 0 Å². The Kier molecular flexibility index (Phi) is 11.7. The summed E-state index contributed by atoms with van der Waals surface area (Å²) in [6, 6.07) is 1.38. The van der Waals surface area contributed by atoms with Crippen LogP contribution in [0, 0.1) is 0 Å². The molecule has 12 N–H and O–H groups in total. The van der Waals surface area contributed by atoms with Crippen LogP contribution in [-0.4, -0.2) is 80.5 Å². The third-order valence-electron chi connectivity index (χ3n) is 5.59. The van der Waals surface area contributed by atoms with E-state index in [0.29, 0.717) is 11.3 Å². The van der Waals surface area contributed by atoms with Crippen molar-refractivity contribution in [1.82, 2.24) is 25.9 Å². The van der Waals surface area contributed by atoms with Gasteiger partial charge in [-0.25, -0.2) is 9.78 Å². The zero-order chi connectivity index (χ0) is 28.9. The maximum atomic E-state index is 13.2. The molecule has 0 saturated carbocycles. The van der Waals surface area contributed by atoms with Gasteiger partial charge in [0.1, 0.15) is 23.9 Å². The maximum Gasteiger partial charge on any atom is 0.326 e. The van der Waals surface area contributed by atoms with Crippen molar-refractivity contribution < 1.29 is 29.4 Å². The van der Waals surface area contributed by atoms with Crippen LogP contribution in [0.5, 0.6) is 5.75 Å². The Morgan fingerprint density at radius 1 is 0.974 bits per heavy atom. The van der Waals surface area contributed by atoms with Crippen molar-refractivity contribution in [1.29, 1.82) is 0 Å². The van der Waals surface area contributed by atoms with Crippen molar-refractivity contribution in [2.75, 3.05) is 6.54 Å². The number of carboxylic acids is 1. The Labute approximate surface area is 224 Å². The summed E-state index contributed by atoms with van der Waals surface area (Å²) in [4.78, 5) is 61.2. The summed E-state index contributed by atoms with van der Waals surface area (Å²) >= 11 is 0. The van der Waals surface area contributed by atoms with E-state index >= 15 is 0 Å². The second kappa shape index (κ2) is 14.9. The van der Waals surface area contributed by atoms with E-state index in [9.17, 15) is 29.4 Å². The number of guanidine groups is 1. The van der Waals surface area contributed by atoms with E-state index < -0.39 is 47.9 Å². The summed E-state index contributed by atoms with van der Waals surface area (Å²) in [5.41, 5.74) is 17.4. The number of carboxylic acid groups (broad SMARTS) is 1. The van der Waals surface area contributed by atoms with Gasteiger partial charge in [0.25, 0.3) is 0 Å². The fraction of sp³-hybridized carbons (Fsp3) is 0.417. The molecule has 15 heteroatoms. The van der Waals surface area contributed by atoms with Crippen LogP contribution in [0.15, 0.2) is 41.8 Å². The quantitative estimate of drug-likeness (QED) is 0.0664. The Balaban J connectivity index is 2.21. The third-order valence-corrected chi connectivity index (χ3v) is 5.59. The average molecular weight is 546 g/mol. The van der Waals surface area contributed by atoms with Gasteiger partial charge in [-0.05, 0) is 37.5 Å². The second-order valence-corrected chi connectivity index (χ2v) is 8.91. The molecule has 0 bridgehead atoms. The number of hydrogen-bond acceptors (Lipinski definition) is 8. The largest absolute Gasteiger partial charge is 0.508 e. The van der Waals surface area contributed by atoms with Crippen LogP contribution < -0.4 is 33.2 Å². The van der Waals surface area contributed by atoms with Gasteiger partial charge in [0.05, 0.1) is 12.4 Å². The number of phenolic OH excluding ortho intramolecular Hbond substituents is 1. The number of nitrogens with zero attached hydrogens (tertiary/aromatic N) is 2. The van der Waals surface area contributed by atoms with Crippen molar-refractivity contribution in [3.8, 4) is 5.75 Å². The van der Waals surface area contributed by atoms with E-state index in [-0.39, 0.29) is 43.9 Å². The highest BCUT2D eigenvalue weighted by Crippen LogP contribution is 2.12. The van der Waals surface area contributed by atoms with Crippen LogP contribution in [0.3, 0.4) is 0 Å². The number of nitrogens with one attached hydrogen (secondary N) is 4. The number of benzene rings is 1. The lowest BCUT2D eigenvalue weighted by atomic mass is 10.0. The molecule has 0 spiro atoms. The number of aliphatic imine (C=N–C) groups is 1. The van der Waals surface area contributed by atoms with Gasteiger partial charge in [0.15, 0.2) is 5.96 Å². The molecular weight excluding hydrogens is 510 g/mol. The van der Waals surface area contributed by atoms with Crippen LogP contribution in [0.1, 0.15) is 31.0 Å². The van der Waals surface area contributed by atoms with E-state index in [1.807, 2.05) is 0 Å². The highest BCUT2D eigenvalue weighted by molar-refractivity contribution is 5.94. The van der Waals surface area contributed by atoms with Gasteiger partial charge in [0.2, 0.25) is 17.7 Å². The first-order valence-electron chi connectivity index (χ1n) is 12.2. The Morgan fingerprint density at radius 3 is 2.15 bits per heavy atom. The predicted molar refractivity (Wildman–Crippen MR) is 141 cm³/mol. The molecule has 0 radical (unpaired) electrons. The van der Waals surface area contributed by atoms with Crippen molar-refractivity contribution in [3.63, 3.8) is 0 Å². The van der Waals surface area contributed by atoms with E-state index in [0.717, 1.165) is 0 Å². The molecule has 1 heterocycles. The first-order valence-corrected chi connectivity index (χ1v) is 12.2. The van der Waals surface area contributed by atoms with Crippen LogP contribution in [0.2, 0.25) is 0 Å². The minimum Gasteiger partial charge on any atom is -0.508 e. The molecule has 2 rings (SSSR count). The molecule has 0 aliphatic carbocycles. The summed E-state index contributed by atoms with van der Waals surface area (Å²) in [5, 5.41) is 26.8. The van der Waals surface area contributed by atoms with Gasteiger partial charge in [0, 0.05) is 31.3 Å². The maximum absolute atomic E-state index is 13.2. The monoisotopic (exact) mass is 545 g/mol. The van der Waals surface area contributed by atoms with Gasteiger partial charge >= 0.3 is 5.97 Å². The highest BCUT2D eigenvalue weighted by atomic mass is 16.4. The smallest absolute Gasteiger partial charge is 0.326 e. The summed E-state index contributed by atoms with van der Waals surface area (Å²) in [6.07, 6.45) is 3.21. The number of amides is 3. The summed E-state index contributed by atoms with van der Waals surface area (Å²) < 4.78 is 0. The highest BCUT2D eigenvalue weighted by Gasteiger charge is 2.30. The fourth-order valence-corrected chi connectivity index (χ4v) is 3.51. The van der Waals surface area contributed by atoms with Gasteiger partial charge in [-0.3, -0.25) is 19.4 Å². The number of nitrogens with two attached hydrogens (primary N) is 3. The second-order valence-electron chi connectivity index (χ2n) is 8.91. The Morgan fingerprint density at radius 2 is 1.59 bits per heavy atom. The molecule has 0 unspecified atom stereocenters. The number of aromatic nitrogens is 2. The van der Waals surface area contributed by atoms with Gasteiger partial charge in [-0.15, -0.1) is 0 Å². The van der Waals surface area contributed by atoms with Gasteiger partial charge in [-0.1, -0.05) is 12.1 Å². The van der Waals surface area contributed by atoms with E-state index in [2.05, 4.69) is 30.9 Å². The molecule has 3 amide bonds. The number of phenols is 1. The average Bonchev–Trinajstić information content (AvgIpc) is 3.39. The minimum absolute atomic E-state index is 0.0130. The van der Waals surface area contributed by atoms with E-state index in [4.69, 9.17) is 17.2 Å². The Bertz CT molecular complexity index is 1130. The zero-order valence-electron chi connectivity index (χ0n) is 21.5. The molecule has 4 atom stereocenters. The van der Waals surface area contributed by atoms with Crippen molar-refractivity contribution in [2.45, 2.75) is 56.8 Å². The first kappa shape index (κ1) is 30.6. The molecular formula is C24H35N9O6. The molecule has 1 aromatic heterocycles. The molecule has 39 heavy (non-hydrogen) atoms. The van der Waals surface area contributed by atoms with E-state index in [1.54, 1.807) is 0 Å². The SMILES string of the molecule is C[C@H](N)C(=O)N[C@@H](Cc1cnc[nH]1)C(=O)N[C@@H](CCCN=C(N)N)C(=O)N[C@@H](Cc1ccc(O)cc1)C(=O)O. The summed E-state index contributed by atoms with van der Waals surface area (Å²) in [7, 11) is 0. The number of aromatic hydroxyl groups is 1. The lowest BCUT2D eigenvalue weighted by Crippen LogP contribution is -2.57. The number of aliphatic carboxylic acids is 1. The van der Waals surface area contributed by atoms with Crippen molar-refractivity contribution in [3.05, 3.63) is 48.0 Å². The topological polar surface area (TPSA) is 264 Å². The molecule has 0 aliphatic rings. The third kappa shape index (κ3) is 10.7. The lowest BCUT2D eigenvalue weighted by Gasteiger charge is -2.25. The molecule has 15 nitrogen and oxygen atoms in total. The van der Waals surface area contributed by atoms with Crippen LogP contribution >= 0.6 is 0 Å². The number of carbonyl (C=O) groups is 4. The number of carbonyl (C=O) groups excluding carboxylic acids is 3. The predicted octanol–water partition coefficient (Wildman–Crippen LogP) is -2.16. The minimum atomic E-state index is -1.32. The molecule has 212 valence electrons. The standard InChI is InChI=1S/C24H35N9O6/c1-13(25)20(35)32-18(10-15-11-28-12-30-15)22(37)31-17(3-2-8-29-24(26)27)21(36)33-19(23(38)39)9-14-4-6-16(34)7-5-14/h4-7,11-13,17-19,34H,2-3,8-10,25H2,1H3,(H,28,30)(H,31,37)(H,32,35)(H,33,36)(H,38,39)(H4,26,27,29)/t13-,17-,18-,19-/m0/s1. The molecule has 0 fully saturated rings. The van der Waals surface area contributed by atoms with Crippen LogP contribution in [-0.2, 0) is 32.0 Å². The summed E-state index contributed by atoms with van der Waals surface area (Å²) in [5.74, 6) is -3.44. The number of hydrogen-bond donors (Lipinski definition) is 9. The normalized spacial score (nSPS) is 13.8. The lowest BCUT2D eigenvalue weighted by molar-refractivity contribution is -0.142. The van der Waals surface area contributed by atoms with Crippen molar-refractivity contribution in [2.24, 2.45) is 22.2 Å². The van der Waals surface area contributed by atoms with Crippen LogP contribution in [0.25, 0.3) is 0 Å². The number of aromatic amines is 1. The number of H-pyrrole nitrogens is 1. The molecule has 0 aliphatic heterocycles.